The summed E-state index contributed by atoms with van der Waals surface area (Å²) in [4.78, 5) is 19.2. The molecule has 0 radical (unpaired) electrons. The second kappa shape index (κ2) is 20.6. The van der Waals surface area contributed by atoms with E-state index in [9.17, 15) is 19.5 Å². The summed E-state index contributed by atoms with van der Waals surface area (Å²) < 4.78 is 12.1. The van der Waals surface area contributed by atoms with Gasteiger partial charge in [0.15, 0.2) is 0 Å². The number of aliphatic hydroxyl groups is 1. The van der Waals surface area contributed by atoms with Crippen molar-refractivity contribution < 1.29 is 23.9 Å². The molecule has 0 amide bonds. The van der Waals surface area contributed by atoms with Crippen LogP contribution in [0.15, 0.2) is 24.3 Å². The third-order valence-corrected chi connectivity index (χ3v) is 7.97. The first-order chi connectivity index (χ1) is 16.5. The van der Waals surface area contributed by atoms with Crippen LogP contribution in [-0.4, -0.2) is 52.4 Å². The molecule has 5 nitrogen and oxygen atoms in total. The Balaban J connectivity index is 3.59. The number of hydrogen-bond acceptors (Lipinski definition) is 2. The molecular weight excluding hydrogens is 457 g/mol. The van der Waals surface area contributed by atoms with E-state index in [1.165, 1.54) is 83.5 Å². The molecule has 0 heterocycles. The van der Waals surface area contributed by atoms with Gasteiger partial charge in [-0.05, 0) is 64.2 Å². The third kappa shape index (κ3) is 21.4. The first-order valence-electron chi connectivity index (χ1n) is 14.4. The number of unbranched alkanes of at least 4 members (excludes halogenated alkanes) is 15. The Morgan fingerprint density at radius 3 is 1.34 bits per heavy atom. The fraction of sp³-hybridized carbons (Fsp3) is 0.862. The Labute approximate surface area is 217 Å². The van der Waals surface area contributed by atoms with Crippen molar-refractivity contribution in [1.29, 1.82) is 0 Å². The zero-order chi connectivity index (χ0) is 26.5. The fourth-order valence-corrected chi connectivity index (χ4v) is 5.55. The van der Waals surface area contributed by atoms with E-state index in [4.69, 9.17) is 0 Å². The van der Waals surface area contributed by atoms with Crippen LogP contribution in [0.5, 0.6) is 0 Å². The van der Waals surface area contributed by atoms with Gasteiger partial charge < -0.3 is 19.4 Å². The first-order valence-corrected chi connectivity index (χ1v) is 16.0. The predicted molar refractivity (Wildman–Crippen MR) is 152 cm³/mol. The highest BCUT2D eigenvalue weighted by molar-refractivity contribution is 7.53. The molecule has 0 spiro atoms. The highest BCUT2D eigenvalue weighted by atomic mass is 31.2. The zero-order valence-electron chi connectivity index (χ0n) is 23.6. The van der Waals surface area contributed by atoms with Crippen molar-refractivity contribution in [3.8, 4) is 0 Å². The fourth-order valence-electron chi connectivity index (χ4n) is 4.49. The van der Waals surface area contributed by atoms with E-state index < -0.39 is 12.9 Å². The average Bonchev–Trinajstić information content (AvgIpc) is 2.75. The average molecular weight is 517 g/mol. The molecule has 208 valence electrons. The van der Waals surface area contributed by atoms with Gasteiger partial charge in [0.25, 0.3) is 0 Å². The van der Waals surface area contributed by atoms with Gasteiger partial charge in [-0.1, -0.05) is 89.0 Å². The molecule has 1 unspecified atom stereocenters. The minimum atomic E-state index is -4.55. The van der Waals surface area contributed by atoms with Gasteiger partial charge in [0.1, 0.15) is 6.54 Å². The van der Waals surface area contributed by atoms with Gasteiger partial charge >= 0.3 is 7.60 Å². The van der Waals surface area contributed by atoms with Crippen LogP contribution in [0.1, 0.15) is 129 Å². The monoisotopic (exact) mass is 516 g/mol. The van der Waals surface area contributed by atoms with Crippen LogP contribution in [-0.2, 0) is 4.57 Å². The summed E-state index contributed by atoms with van der Waals surface area (Å²) in [6, 6.07) is 0. The van der Waals surface area contributed by atoms with E-state index in [1.54, 1.807) is 0 Å². The number of likely N-dealkylation sites (N-methyl/N-ethyl adjacent to an activating group) is 1. The Hall–Kier alpha value is -0.450. The maximum Gasteiger partial charge on any atom is 0.362 e. The van der Waals surface area contributed by atoms with Crippen LogP contribution < -0.4 is 0 Å². The molecule has 0 aliphatic rings. The highest BCUT2D eigenvalue weighted by Crippen LogP contribution is 2.52. The summed E-state index contributed by atoms with van der Waals surface area (Å²) in [5.74, 6) is 0. The standard InChI is InChI=1S/C29H58NO4P/c1-5-6-7-8-9-10-11-12-13-14-15-16-17-18-19-20-21-22-23-24-25-26-27-29(31,35(32,33)34)28-30(2,3)4/h12-13,18-19,31H,5-11,14-17,20-28H2,1-4H3,(H-,32,33,34)/p+1/b13-12-,19-18-. The van der Waals surface area contributed by atoms with Crippen molar-refractivity contribution in [2.24, 2.45) is 0 Å². The SMILES string of the molecule is CCCCCCCC/C=C\CCCC/C=C\CCCCCCCCC(O)(C[N+](C)(C)C)P(=O)(O)O. The molecule has 0 aromatic rings. The van der Waals surface area contributed by atoms with Gasteiger partial charge in [0, 0.05) is 0 Å². The van der Waals surface area contributed by atoms with Crippen molar-refractivity contribution in [3.05, 3.63) is 24.3 Å². The maximum atomic E-state index is 11.8. The lowest BCUT2D eigenvalue weighted by Gasteiger charge is -2.35. The largest absolute Gasteiger partial charge is 0.373 e. The van der Waals surface area contributed by atoms with Crippen molar-refractivity contribution in [3.63, 3.8) is 0 Å². The van der Waals surface area contributed by atoms with Gasteiger partial charge in [0.2, 0.25) is 5.34 Å². The van der Waals surface area contributed by atoms with E-state index >= 15 is 0 Å². The summed E-state index contributed by atoms with van der Waals surface area (Å²) in [5.41, 5.74) is 0. The van der Waals surface area contributed by atoms with E-state index in [2.05, 4.69) is 31.2 Å². The summed E-state index contributed by atoms with van der Waals surface area (Å²) in [7, 11) is 0.963. The molecule has 0 aromatic heterocycles. The van der Waals surface area contributed by atoms with Crippen molar-refractivity contribution in [2.75, 3.05) is 27.7 Å². The number of nitrogens with zero attached hydrogens (tertiary/aromatic N) is 1. The number of rotatable bonds is 24. The molecule has 1 atom stereocenters. The van der Waals surface area contributed by atoms with E-state index in [-0.39, 0.29) is 13.0 Å². The van der Waals surface area contributed by atoms with Crippen molar-refractivity contribution in [2.45, 2.75) is 134 Å². The lowest BCUT2D eigenvalue weighted by Crippen LogP contribution is -2.49. The molecule has 0 aliphatic carbocycles. The Morgan fingerprint density at radius 1 is 0.629 bits per heavy atom. The van der Waals surface area contributed by atoms with E-state index in [0.717, 1.165) is 25.7 Å². The molecule has 3 N–H and O–H groups in total. The van der Waals surface area contributed by atoms with Crippen molar-refractivity contribution >= 4 is 7.60 Å². The summed E-state index contributed by atoms with van der Waals surface area (Å²) >= 11 is 0. The predicted octanol–water partition coefficient (Wildman–Crippen LogP) is 8.10. The van der Waals surface area contributed by atoms with Gasteiger partial charge in [-0.25, -0.2) is 0 Å². The highest BCUT2D eigenvalue weighted by Gasteiger charge is 2.48. The molecular formula is C29H59NO4P+. The second-order valence-corrected chi connectivity index (χ2v) is 13.3. The molecule has 0 bridgehead atoms. The summed E-state index contributed by atoms with van der Waals surface area (Å²) in [5, 5.41) is 8.64. The van der Waals surface area contributed by atoms with Gasteiger partial charge in [-0.2, -0.15) is 0 Å². The quantitative estimate of drug-likeness (QED) is 0.0524. The minimum Gasteiger partial charge on any atom is -0.373 e. The summed E-state index contributed by atoms with van der Waals surface area (Å²) in [6.45, 7) is 2.32. The third-order valence-electron chi connectivity index (χ3n) is 6.52. The Morgan fingerprint density at radius 2 is 0.971 bits per heavy atom. The smallest absolute Gasteiger partial charge is 0.362 e. The Bertz CT molecular complexity index is 594. The van der Waals surface area contributed by atoms with E-state index in [1.807, 2.05) is 21.1 Å². The van der Waals surface area contributed by atoms with Gasteiger partial charge in [-0.15, -0.1) is 0 Å². The zero-order valence-corrected chi connectivity index (χ0v) is 24.5. The number of quaternary nitrogens is 1. The molecule has 6 heteroatoms. The molecule has 0 saturated heterocycles. The molecule has 0 fully saturated rings. The van der Waals surface area contributed by atoms with E-state index in [0.29, 0.717) is 10.9 Å². The minimum absolute atomic E-state index is 0.0551. The Kier molecular flexibility index (Phi) is 20.3. The second-order valence-electron chi connectivity index (χ2n) is 11.4. The molecule has 0 rings (SSSR count). The maximum absolute atomic E-state index is 11.8. The van der Waals surface area contributed by atoms with Crippen LogP contribution in [0, 0.1) is 0 Å². The number of hydrogen-bond donors (Lipinski definition) is 3. The lowest BCUT2D eigenvalue weighted by molar-refractivity contribution is -0.875. The first kappa shape index (κ1) is 34.6. The molecule has 0 aromatic carbocycles. The molecule has 35 heavy (non-hydrogen) atoms. The van der Waals surface area contributed by atoms with Crippen molar-refractivity contribution in [1.82, 2.24) is 0 Å². The van der Waals surface area contributed by atoms with Crippen LogP contribution in [0.4, 0.5) is 0 Å². The topological polar surface area (TPSA) is 77.8 Å². The summed E-state index contributed by atoms with van der Waals surface area (Å²) in [6.07, 6.45) is 31.3. The molecule has 0 aliphatic heterocycles. The molecule has 0 saturated carbocycles. The van der Waals surface area contributed by atoms with Gasteiger partial charge in [-0.3, -0.25) is 4.57 Å². The number of allylic oxidation sites excluding steroid dienone is 4. The van der Waals surface area contributed by atoms with Crippen LogP contribution in [0.25, 0.3) is 0 Å². The normalized spacial score (nSPS) is 14.8. The van der Waals surface area contributed by atoms with Crippen LogP contribution >= 0.6 is 7.60 Å². The lowest BCUT2D eigenvalue weighted by atomic mass is 10.0. The van der Waals surface area contributed by atoms with Crippen LogP contribution in [0.3, 0.4) is 0 Å². The van der Waals surface area contributed by atoms with Gasteiger partial charge in [0.05, 0.1) is 21.1 Å². The van der Waals surface area contributed by atoms with Crippen LogP contribution in [0.2, 0.25) is 0 Å².